The van der Waals surface area contributed by atoms with E-state index in [4.69, 9.17) is 0 Å². The third-order valence-corrected chi connectivity index (χ3v) is 7.67. The molecule has 5 aliphatic rings. The van der Waals surface area contributed by atoms with Gasteiger partial charge in [0.2, 0.25) is 5.91 Å². The predicted molar refractivity (Wildman–Crippen MR) is 105 cm³/mol. The van der Waals surface area contributed by atoms with Crippen LogP contribution in [0.4, 0.5) is 4.79 Å². The molecule has 1 saturated heterocycles. The lowest BCUT2D eigenvalue weighted by molar-refractivity contribution is -0.135. The molecule has 0 aromatic heterocycles. The van der Waals surface area contributed by atoms with Crippen LogP contribution in [0.25, 0.3) is 0 Å². The first kappa shape index (κ1) is 19.5. The molecule has 156 valence electrons. The van der Waals surface area contributed by atoms with Crippen LogP contribution in [0.2, 0.25) is 0 Å². The fraction of sp³-hybridized carbons (Fsp3) is 0.857. The van der Waals surface area contributed by atoms with E-state index in [1.807, 2.05) is 0 Å². The second kappa shape index (κ2) is 7.91. The predicted octanol–water partition coefficient (Wildman–Crippen LogP) is 2.32. The van der Waals surface area contributed by atoms with Crippen LogP contribution in [0.3, 0.4) is 0 Å². The second-order valence-corrected chi connectivity index (χ2v) is 9.77. The molecule has 4 bridgehead atoms. The topological polar surface area (TPSA) is 90.5 Å². The largest absolute Gasteiger partial charge is 0.334 e. The average molecular weight is 391 g/mol. The molecule has 28 heavy (non-hydrogen) atoms. The molecule has 0 aromatic rings. The Hall–Kier alpha value is -1.79. The quantitative estimate of drug-likeness (QED) is 0.644. The minimum atomic E-state index is -0.362. The van der Waals surface area contributed by atoms with Gasteiger partial charge >= 0.3 is 6.03 Å². The molecule has 7 heteroatoms. The van der Waals surface area contributed by atoms with Gasteiger partial charge in [0.1, 0.15) is 6.54 Å². The summed E-state index contributed by atoms with van der Waals surface area (Å²) in [5.74, 6) is 2.18. The van der Waals surface area contributed by atoms with E-state index in [1.54, 1.807) is 4.90 Å². The molecular weight excluding hydrogens is 356 g/mol. The Morgan fingerprint density at radius 1 is 1.04 bits per heavy atom. The summed E-state index contributed by atoms with van der Waals surface area (Å²) in [6.07, 6.45) is 11.2. The van der Waals surface area contributed by atoms with E-state index >= 15 is 0 Å². The summed E-state index contributed by atoms with van der Waals surface area (Å²) in [6, 6.07) is -0.260. The number of carbonyl (C=O) groups excluding carboxylic acids is 3. The Morgan fingerprint density at radius 2 is 1.68 bits per heavy atom. The van der Waals surface area contributed by atoms with Crippen LogP contribution < -0.4 is 16.2 Å². The van der Waals surface area contributed by atoms with Crippen molar-refractivity contribution in [3.8, 4) is 0 Å². The van der Waals surface area contributed by atoms with Crippen molar-refractivity contribution >= 4 is 17.8 Å². The van der Waals surface area contributed by atoms with Crippen molar-refractivity contribution < 1.29 is 14.4 Å². The summed E-state index contributed by atoms with van der Waals surface area (Å²) >= 11 is 0. The number of amides is 4. The van der Waals surface area contributed by atoms with E-state index in [2.05, 4.69) is 23.1 Å². The van der Waals surface area contributed by atoms with Crippen LogP contribution in [-0.4, -0.2) is 41.9 Å². The van der Waals surface area contributed by atoms with E-state index in [1.165, 1.54) is 38.5 Å². The normalized spacial score (nSPS) is 35.2. The number of urea groups is 1. The Morgan fingerprint density at radius 3 is 2.32 bits per heavy atom. The molecular formula is C21H34N4O3. The third kappa shape index (κ3) is 4.13. The van der Waals surface area contributed by atoms with Crippen LogP contribution >= 0.6 is 0 Å². The number of carbonyl (C=O) groups is 3. The fourth-order valence-electron chi connectivity index (χ4n) is 6.64. The molecule has 1 atom stereocenters. The highest BCUT2D eigenvalue weighted by molar-refractivity contribution is 5.86. The molecule has 4 aliphatic carbocycles. The molecule has 4 saturated carbocycles. The van der Waals surface area contributed by atoms with Crippen molar-refractivity contribution in [3.63, 3.8) is 0 Å². The number of hydrogen-bond donors (Lipinski definition) is 3. The highest BCUT2D eigenvalue weighted by Gasteiger charge is 2.53. The monoisotopic (exact) mass is 390 g/mol. The zero-order valence-electron chi connectivity index (χ0n) is 17.0. The van der Waals surface area contributed by atoms with E-state index in [0.717, 1.165) is 37.0 Å². The summed E-state index contributed by atoms with van der Waals surface area (Å²) in [6.45, 7) is 2.73. The highest BCUT2D eigenvalue weighted by atomic mass is 16.2. The van der Waals surface area contributed by atoms with Gasteiger partial charge in [-0.05, 0) is 81.5 Å². The molecule has 1 heterocycles. The van der Waals surface area contributed by atoms with Gasteiger partial charge in [-0.15, -0.1) is 0 Å². The molecule has 0 aromatic carbocycles. The number of nitrogens with one attached hydrogen (secondary N) is 3. The first-order chi connectivity index (χ1) is 13.4. The van der Waals surface area contributed by atoms with Crippen LogP contribution in [0.1, 0.15) is 71.1 Å². The number of nitrogens with zero attached hydrogens (tertiary/aromatic N) is 1. The maximum Gasteiger partial charge on any atom is 0.333 e. The van der Waals surface area contributed by atoms with Crippen LogP contribution in [0.5, 0.6) is 0 Å². The van der Waals surface area contributed by atoms with E-state index in [9.17, 15) is 14.4 Å². The minimum absolute atomic E-state index is 0.00362. The molecule has 0 radical (unpaired) electrons. The summed E-state index contributed by atoms with van der Waals surface area (Å²) < 4.78 is 0. The Labute approximate surface area is 167 Å². The molecule has 5 rings (SSSR count). The molecule has 5 fully saturated rings. The van der Waals surface area contributed by atoms with Crippen LogP contribution in [-0.2, 0) is 9.59 Å². The van der Waals surface area contributed by atoms with E-state index in [0.29, 0.717) is 13.0 Å². The van der Waals surface area contributed by atoms with E-state index in [-0.39, 0.29) is 35.8 Å². The van der Waals surface area contributed by atoms with Gasteiger partial charge in [0.25, 0.3) is 5.91 Å². The van der Waals surface area contributed by atoms with Crippen molar-refractivity contribution in [2.75, 3.05) is 13.1 Å². The summed E-state index contributed by atoms with van der Waals surface area (Å²) in [4.78, 5) is 38.0. The maximum absolute atomic E-state index is 12.3. The first-order valence-electron chi connectivity index (χ1n) is 11.1. The third-order valence-electron chi connectivity index (χ3n) is 7.67. The molecule has 1 aliphatic heterocycles. The van der Waals surface area contributed by atoms with E-state index < -0.39 is 0 Å². The molecule has 3 N–H and O–H groups in total. The summed E-state index contributed by atoms with van der Waals surface area (Å²) in [5, 5.41) is 3.07. The van der Waals surface area contributed by atoms with Gasteiger partial charge in [-0.25, -0.2) is 10.2 Å². The lowest BCUT2D eigenvalue weighted by atomic mass is 9.48. The van der Waals surface area contributed by atoms with Crippen LogP contribution in [0, 0.1) is 23.2 Å². The van der Waals surface area contributed by atoms with Gasteiger partial charge in [-0.3, -0.25) is 15.0 Å². The lowest BCUT2D eigenvalue weighted by Gasteiger charge is -2.59. The molecule has 0 spiro atoms. The van der Waals surface area contributed by atoms with Crippen molar-refractivity contribution in [2.45, 2.75) is 77.2 Å². The van der Waals surface area contributed by atoms with Crippen LogP contribution in [0.15, 0.2) is 0 Å². The van der Waals surface area contributed by atoms with Gasteiger partial charge in [-0.1, -0.05) is 6.42 Å². The smallest absolute Gasteiger partial charge is 0.333 e. The first-order valence-corrected chi connectivity index (χ1v) is 11.1. The summed E-state index contributed by atoms with van der Waals surface area (Å²) in [5.41, 5.74) is 5.16. The SMILES string of the molecule is C[C@H](NC(=O)NNC(=O)CN1CCCCCC1=O)C12CC3CC(CC(C3)C1)C2. The number of hydrogen-bond acceptors (Lipinski definition) is 3. The number of likely N-dealkylation sites (tertiary alicyclic amines) is 1. The van der Waals surface area contributed by atoms with Gasteiger partial charge in [-0.2, -0.15) is 0 Å². The molecule has 0 unspecified atom stereocenters. The highest BCUT2D eigenvalue weighted by Crippen LogP contribution is 2.61. The van der Waals surface area contributed by atoms with Crippen molar-refractivity contribution in [1.29, 1.82) is 0 Å². The Balaban J connectivity index is 1.23. The second-order valence-electron chi connectivity index (χ2n) is 9.77. The zero-order chi connectivity index (χ0) is 19.7. The summed E-state index contributed by atoms with van der Waals surface area (Å²) in [7, 11) is 0. The van der Waals surface area contributed by atoms with Gasteiger partial charge < -0.3 is 10.2 Å². The van der Waals surface area contributed by atoms with Crippen molar-refractivity contribution in [1.82, 2.24) is 21.1 Å². The average Bonchev–Trinajstić information content (AvgIpc) is 2.83. The zero-order valence-corrected chi connectivity index (χ0v) is 17.0. The molecule has 7 nitrogen and oxygen atoms in total. The fourth-order valence-corrected chi connectivity index (χ4v) is 6.64. The Bertz CT molecular complexity index is 600. The van der Waals surface area contributed by atoms with Gasteiger partial charge in [0, 0.05) is 19.0 Å². The van der Waals surface area contributed by atoms with Crippen molar-refractivity contribution in [2.24, 2.45) is 23.2 Å². The number of hydrazine groups is 1. The lowest BCUT2D eigenvalue weighted by Crippen LogP contribution is -2.59. The van der Waals surface area contributed by atoms with Crippen molar-refractivity contribution in [3.05, 3.63) is 0 Å². The maximum atomic E-state index is 12.3. The standard InChI is InChI=1S/C21H34N4O3/c1-14(21-10-15-7-16(11-21)9-17(8-15)12-21)22-20(28)24-23-18(26)13-25-6-4-2-3-5-19(25)27/h14-17H,2-13H2,1H3,(H,23,26)(H2,22,24,28)/t14-,15?,16?,17?,21?/m0/s1. The molecule has 4 amide bonds. The minimum Gasteiger partial charge on any atom is -0.334 e. The Kier molecular flexibility index (Phi) is 5.52. The van der Waals surface area contributed by atoms with Gasteiger partial charge in [0.15, 0.2) is 0 Å². The van der Waals surface area contributed by atoms with Gasteiger partial charge in [0.05, 0.1) is 0 Å². The number of rotatable bonds is 4.